The van der Waals surface area contributed by atoms with Gasteiger partial charge in [0, 0.05) is 22.0 Å². The summed E-state index contributed by atoms with van der Waals surface area (Å²) in [6.45, 7) is 0. The zero-order valence-corrected chi connectivity index (χ0v) is 18.5. The molecular weight excluding hydrogens is 458 g/mol. The Morgan fingerprint density at radius 2 is 1.77 bits per heavy atom. The van der Waals surface area contributed by atoms with Crippen LogP contribution in [0.25, 0.3) is 43.9 Å². The van der Waals surface area contributed by atoms with Gasteiger partial charge in [-0.25, -0.2) is 4.79 Å². The van der Waals surface area contributed by atoms with Crippen LogP contribution in [0.2, 0.25) is 0 Å². The minimum atomic E-state index is -0.350. The highest BCUT2D eigenvalue weighted by atomic mass is 79.9. The maximum Gasteiger partial charge on any atom is 0.336 e. The van der Waals surface area contributed by atoms with Gasteiger partial charge >= 0.3 is 5.63 Å². The number of fused-ring (bicyclic) bond motifs is 2. The standard InChI is InChI=1S/C25H17BrNO2S/c1-27-21-4-2-3-5-23(21)30-25(27)17-9-6-16(7-10-17)8-11-18-14-24(28)29-22-13-12-19(26)15-20(18)22/h2-15H,1H3/q+1/b11-8+. The fourth-order valence-corrected chi connectivity index (χ4v) is 5.09. The van der Waals surface area contributed by atoms with E-state index in [0.29, 0.717) is 5.58 Å². The van der Waals surface area contributed by atoms with Gasteiger partial charge in [-0.15, -0.1) is 0 Å². The molecule has 0 aliphatic heterocycles. The molecule has 0 atom stereocenters. The summed E-state index contributed by atoms with van der Waals surface area (Å²) in [5, 5.41) is 2.12. The molecule has 0 aliphatic rings. The molecule has 2 heterocycles. The Balaban J connectivity index is 1.49. The highest BCUT2D eigenvalue weighted by molar-refractivity contribution is 9.10. The minimum Gasteiger partial charge on any atom is -0.423 e. The molecule has 2 aromatic heterocycles. The van der Waals surface area contributed by atoms with Crippen molar-refractivity contribution in [2.45, 2.75) is 0 Å². The summed E-state index contributed by atoms with van der Waals surface area (Å²) in [6.07, 6.45) is 3.98. The fourth-order valence-electron chi connectivity index (χ4n) is 3.58. The Morgan fingerprint density at radius 1 is 0.967 bits per heavy atom. The largest absolute Gasteiger partial charge is 0.423 e. The molecule has 0 radical (unpaired) electrons. The first-order valence-electron chi connectivity index (χ1n) is 9.48. The zero-order chi connectivity index (χ0) is 20.7. The number of thiazole rings is 1. The Bertz CT molecular complexity index is 1480. The lowest BCUT2D eigenvalue weighted by Gasteiger charge is -2.02. The van der Waals surface area contributed by atoms with Crippen molar-refractivity contribution in [1.29, 1.82) is 0 Å². The molecule has 0 unspecified atom stereocenters. The third-order valence-electron chi connectivity index (χ3n) is 5.09. The van der Waals surface area contributed by atoms with E-state index in [-0.39, 0.29) is 5.63 Å². The predicted molar refractivity (Wildman–Crippen MR) is 128 cm³/mol. The number of aryl methyl sites for hydroxylation is 1. The number of benzene rings is 3. The van der Waals surface area contributed by atoms with Crippen LogP contribution in [0.15, 0.2) is 86.5 Å². The maximum absolute atomic E-state index is 11.9. The Labute approximate surface area is 185 Å². The topological polar surface area (TPSA) is 34.1 Å². The second kappa shape index (κ2) is 7.67. The zero-order valence-electron chi connectivity index (χ0n) is 16.1. The van der Waals surface area contributed by atoms with Crippen LogP contribution in [-0.4, -0.2) is 0 Å². The number of rotatable bonds is 3. The van der Waals surface area contributed by atoms with E-state index in [4.69, 9.17) is 4.42 Å². The average Bonchev–Trinajstić information content (AvgIpc) is 3.09. The quantitative estimate of drug-likeness (QED) is 0.223. The summed E-state index contributed by atoms with van der Waals surface area (Å²) in [4.78, 5) is 11.9. The predicted octanol–water partition coefficient (Wildman–Crippen LogP) is 6.43. The number of nitrogens with zero attached hydrogens (tertiary/aromatic N) is 1. The van der Waals surface area contributed by atoms with E-state index in [1.807, 2.05) is 24.3 Å². The molecule has 0 saturated carbocycles. The Kier molecular flexibility index (Phi) is 4.85. The molecule has 0 spiro atoms. The second-order valence-electron chi connectivity index (χ2n) is 7.05. The molecule has 0 aliphatic carbocycles. The van der Waals surface area contributed by atoms with Crippen LogP contribution in [0.4, 0.5) is 0 Å². The molecule has 5 heteroatoms. The molecule has 3 nitrogen and oxygen atoms in total. The van der Waals surface area contributed by atoms with Crippen molar-refractivity contribution in [3.8, 4) is 10.6 Å². The van der Waals surface area contributed by atoms with Gasteiger partial charge in [0.25, 0.3) is 5.01 Å². The first-order chi connectivity index (χ1) is 14.6. The molecule has 0 amide bonds. The molecule has 146 valence electrons. The summed E-state index contributed by atoms with van der Waals surface area (Å²) in [7, 11) is 2.10. The number of halogens is 1. The van der Waals surface area contributed by atoms with Crippen LogP contribution in [0.5, 0.6) is 0 Å². The van der Waals surface area contributed by atoms with Gasteiger partial charge in [0.1, 0.15) is 17.3 Å². The first kappa shape index (κ1) is 19.0. The van der Waals surface area contributed by atoms with Gasteiger partial charge in [-0.1, -0.05) is 63.7 Å². The molecular formula is C25H17BrNO2S+. The van der Waals surface area contributed by atoms with E-state index in [1.165, 1.54) is 26.9 Å². The van der Waals surface area contributed by atoms with E-state index >= 15 is 0 Å². The van der Waals surface area contributed by atoms with Crippen molar-refractivity contribution in [3.63, 3.8) is 0 Å². The van der Waals surface area contributed by atoms with Gasteiger partial charge in [-0.2, -0.15) is 4.57 Å². The second-order valence-corrected chi connectivity index (χ2v) is 9.00. The summed E-state index contributed by atoms with van der Waals surface area (Å²) in [5.74, 6) is 0. The van der Waals surface area contributed by atoms with Gasteiger partial charge in [-0.3, -0.25) is 0 Å². The van der Waals surface area contributed by atoms with Crippen molar-refractivity contribution in [2.75, 3.05) is 0 Å². The third-order valence-corrected chi connectivity index (χ3v) is 6.85. The number of hydrogen-bond donors (Lipinski definition) is 0. The lowest BCUT2D eigenvalue weighted by molar-refractivity contribution is -0.629. The Morgan fingerprint density at radius 3 is 2.57 bits per heavy atom. The van der Waals surface area contributed by atoms with Crippen molar-refractivity contribution >= 4 is 60.6 Å². The summed E-state index contributed by atoms with van der Waals surface area (Å²) in [6, 6.07) is 24.1. The third kappa shape index (κ3) is 3.51. The van der Waals surface area contributed by atoms with Crippen molar-refractivity contribution in [1.82, 2.24) is 0 Å². The molecule has 5 rings (SSSR count). The lowest BCUT2D eigenvalue weighted by Crippen LogP contribution is -2.28. The van der Waals surface area contributed by atoms with Crippen LogP contribution in [-0.2, 0) is 7.05 Å². The molecule has 0 N–H and O–H groups in total. The molecule has 0 bridgehead atoms. The lowest BCUT2D eigenvalue weighted by atomic mass is 10.1. The maximum atomic E-state index is 11.9. The van der Waals surface area contributed by atoms with Crippen molar-refractivity contribution < 1.29 is 8.98 Å². The molecule has 5 aromatic rings. The average molecular weight is 475 g/mol. The summed E-state index contributed by atoms with van der Waals surface area (Å²) < 4.78 is 9.75. The van der Waals surface area contributed by atoms with Crippen LogP contribution >= 0.6 is 27.3 Å². The number of aromatic nitrogens is 1. The molecule has 0 fully saturated rings. The minimum absolute atomic E-state index is 0.350. The highest BCUT2D eigenvalue weighted by Crippen LogP contribution is 2.29. The number of hydrogen-bond acceptors (Lipinski definition) is 3. The fraction of sp³-hybridized carbons (Fsp3) is 0.0400. The normalized spacial score (nSPS) is 11.7. The van der Waals surface area contributed by atoms with Crippen LogP contribution in [0.3, 0.4) is 0 Å². The summed E-state index contributed by atoms with van der Waals surface area (Å²) >= 11 is 5.28. The smallest absolute Gasteiger partial charge is 0.336 e. The van der Waals surface area contributed by atoms with Crippen LogP contribution < -0.4 is 10.2 Å². The van der Waals surface area contributed by atoms with E-state index < -0.39 is 0 Å². The van der Waals surface area contributed by atoms with E-state index in [0.717, 1.165) is 21.0 Å². The van der Waals surface area contributed by atoms with Gasteiger partial charge in [0.2, 0.25) is 5.52 Å². The van der Waals surface area contributed by atoms with Crippen LogP contribution in [0.1, 0.15) is 11.1 Å². The van der Waals surface area contributed by atoms with Gasteiger partial charge in [-0.05, 0) is 47.5 Å². The Hall–Kier alpha value is -3.02. The molecule has 3 aromatic carbocycles. The van der Waals surface area contributed by atoms with E-state index in [2.05, 4.69) is 76.1 Å². The van der Waals surface area contributed by atoms with Gasteiger partial charge in [0.15, 0.2) is 0 Å². The molecule has 30 heavy (non-hydrogen) atoms. The monoisotopic (exact) mass is 474 g/mol. The van der Waals surface area contributed by atoms with Crippen LogP contribution in [0, 0.1) is 0 Å². The SMILES string of the molecule is C[n+]1c(-c2ccc(/C=C/c3cc(=O)oc4ccc(Br)cc34)cc2)sc2ccccc21. The van der Waals surface area contributed by atoms with Gasteiger partial charge in [0.05, 0.1) is 5.56 Å². The number of para-hydroxylation sites is 1. The molecule has 0 saturated heterocycles. The highest BCUT2D eigenvalue weighted by Gasteiger charge is 2.17. The van der Waals surface area contributed by atoms with E-state index in [9.17, 15) is 4.79 Å². The van der Waals surface area contributed by atoms with Gasteiger partial charge < -0.3 is 4.42 Å². The van der Waals surface area contributed by atoms with Crippen molar-refractivity contribution in [3.05, 3.63) is 98.8 Å². The first-order valence-corrected chi connectivity index (χ1v) is 11.1. The summed E-state index contributed by atoms with van der Waals surface area (Å²) in [5.41, 5.74) is 4.56. The van der Waals surface area contributed by atoms with E-state index in [1.54, 1.807) is 17.4 Å². The van der Waals surface area contributed by atoms with Crippen molar-refractivity contribution in [2.24, 2.45) is 7.05 Å².